The molecule has 1 aliphatic heterocycles. The Labute approximate surface area is 68.8 Å². The van der Waals surface area contributed by atoms with E-state index in [9.17, 15) is 13.2 Å². The van der Waals surface area contributed by atoms with E-state index in [1.54, 1.807) is 6.92 Å². The second-order valence-electron chi connectivity index (χ2n) is 2.89. The molecule has 0 radical (unpaired) electrons. The smallest absolute Gasteiger partial charge is 0.225 e. The summed E-state index contributed by atoms with van der Waals surface area (Å²) in [7, 11) is -2.28. The molecular weight excluding hydrogens is 186 g/mol. The molecule has 64 valence electrons. The molecule has 1 amide bonds. The van der Waals surface area contributed by atoms with E-state index in [0.29, 0.717) is 0 Å². The lowest BCUT2D eigenvalue weighted by Crippen LogP contribution is -2.37. The van der Waals surface area contributed by atoms with Gasteiger partial charge in [-0.15, -0.1) is 0 Å². The molecule has 0 bridgehead atoms. The molecule has 1 heterocycles. The van der Waals surface area contributed by atoms with Crippen molar-refractivity contribution in [3.63, 3.8) is 0 Å². The van der Waals surface area contributed by atoms with Crippen LogP contribution in [-0.4, -0.2) is 25.8 Å². The van der Waals surface area contributed by atoms with Crippen molar-refractivity contribution in [1.29, 1.82) is 0 Å². The van der Waals surface area contributed by atoms with Gasteiger partial charge in [-0.25, -0.2) is 8.42 Å². The van der Waals surface area contributed by atoms with Gasteiger partial charge < -0.3 is 5.73 Å². The van der Waals surface area contributed by atoms with Crippen LogP contribution in [0.25, 0.3) is 0 Å². The molecule has 6 heteroatoms. The molecule has 0 aromatic heterocycles. The third-order valence-electron chi connectivity index (χ3n) is 1.65. The fourth-order valence-corrected chi connectivity index (χ4v) is 5.11. The zero-order chi connectivity index (χ0) is 8.70. The molecule has 0 saturated carbocycles. The normalized spacial score (nSPS) is 35.4. The number of hydrogen-bond donors (Lipinski definition) is 1. The van der Waals surface area contributed by atoms with Gasteiger partial charge in [0.15, 0.2) is 0 Å². The zero-order valence-electron chi connectivity index (χ0n) is 6.03. The van der Waals surface area contributed by atoms with Gasteiger partial charge in [-0.3, -0.25) is 4.79 Å². The van der Waals surface area contributed by atoms with E-state index < -0.39 is 20.2 Å². The summed E-state index contributed by atoms with van der Waals surface area (Å²) in [6.45, 7) is 1.58. The SMILES string of the molecule is CC1(C(N)=O)CSS(=O)(=O)C1. The van der Waals surface area contributed by atoms with Crippen molar-refractivity contribution in [3.8, 4) is 0 Å². The van der Waals surface area contributed by atoms with Crippen LogP contribution < -0.4 is 5.73 Å². The maximum Gasteiger partial charge on any atom is 0.225 e. The van der Waals surface area contributed by atoms with Crippen molar-refractivity contribution in [2.45, 2.75) is 6.92 Å². The minimum absolute atomic E-state index is 0.125. The van der Waals surface area contributed by atoms with Crippen LogP contribution >= 0.6 is 10.8 Å². The molecule has 2 N–H and O–H groups in total. The molecule has 0 aliphatic carbocycles. The van der Waals surface area contributed by atoms with Gasteiger partial charge in [0.25, 0.3) is 0 Å². The summed E-state index contributed by atoms with van der Waals surface area (Å²) >= 11 is 0. The van der Waals surface area contributed by atoms with E-state index >= 15 is 0 Å². The van der Waals surface area contributed by atoms with Crippen molar-refractivity contribution < 1.29 is 13.2 Å². The second kappa shape index (κ2) is 2.38. The first kappa shape index (κ1) is 8.86. The van der Waals surface area contributed by atoms with Crippen LogP contribution in [0.2, 0.25) is 0 Å². The number of nitrogens with two attached hydrogens (primary N) is 1. The Morgan fingerprint density at radius 3 is 2.36 bits per heavy atom. The first-order valence-electron chi connectivity index (χ1n) is 3.03. The van der Waals surface area contributed by atoms with Gasteiger partial charge in [0.05, 0.1) is 11.2 Å². The summed E-state index contributed by atoms with van der Waals surface area (Å²) in [5.74, 6) is -0.379. The van der Waals surface area contributed by atoms with Crippen LogP contribution in [0.15, 0.2) is 0 Å². The van der Waals surface area contributed by atoms with Gasteiger partial charge in [-0.05, 0) is 17.7 Å². The standard InChI is InChI=1S/C5H9NO3S2/c1-5(4(6)7)2-10-11(8,9)3-5/h2-3H2,1H3,(H2,6,7). The molecule has 11 heavy (non-hydrogen) atoms. The fraction of sp³-hybridized carbons (Fsp3) is 0.800. The van der Waals surface area contributed by atoms with Gasteiger partial charge in [0.1, 0.15) is 0 Å². The van der Waals surface area contributed by atoms with Crippen molar-refractivity contribution in [3.05, 3.63) is 0 Å². The Kier molecular flexibility index (Phi) is 1.92. The average Bonchev–Trinajstić information content (AvgIpc) is 2.08. The first-order valence-corrected chi connectivity index (χ1v) is 6.18. The Morgan fingerprint density at radius 1 is 1.64 bits per heavy atom. The quantitative estimate of drug-likeness (QED) is 0.575. The Bertz CT molecular complexity index is 284. The van der Waals surface area contributed by atoms with Crippen molar-refractivity contribution in [1.82, 2.24) is 0 Å². The summed E-state index contributed by atoms with van der Waals surface area (Å²) in [5, 5.41) is 0. The highest BCUT2D eigenvalue weighted by Gasteiger charge is 2.43. The topological polar surface area (TPSA) is 77.2 Å². The minimum atomic E-state index is -3.08. The molecule has 0 spiro atoms. The maximum atomic E-state index is 10.9. The average molecular weight is 195 g/mol. The molecule has 1 fully saturated rings. The number of primary amides is 1. The monoisotopic (exact) mass is 195 g/mol. The number of carbonyl (C=O) groups excluding carboxylic acids is 1. The summed E-state index contributed by atoms with van der Waals surface area (Å²) in [6.07, 6.45) is 0. The third-order valence-corrected chi connectivity index (χ3v) is 5.54. The van der Waals surface area contributed by atoms with E-state index in [-0.39, 0.29) is 11.5 Å². The number of amides is 1. The summed E-state index contributed by atoms with van der Waals surface area (Å²) in [5.41, 5.74) is 4.18. The van der Waals surface area contributed by atoms with Gasteiger partial charge >= 0.3 is 0 Å². The lowest BCUT2D eigenvalue weighted by molar-refractivity contribution is -0.124. The van der Waals surface area contributed by atoms with Gasteiger partial charge in [-0.1, -0.05) is 0 Å². The summed E-state index contributed by atoms with van der Waals surface area (Å²) < 4.78 is 21.8. The van der Waals surface area contributed by atoms with Crippen molar-refractivity contribution in [2.75, 3.05) is 11.5 Å². The second-order valence-corrected chi connectivity index (χ2v) is 7.05. The van der Waals surface area contributed by atoms with E-state index in [1.807, 2.05) is 0 Å². The third kappa shape index (κ3) is 1.67. The zero-order valence-corrected chi connectivity index (χ0v) is 7.67. The molecular formula is C5H9NO3S2. The van der Waals surface area contributed by atoms with Crippen LogP contribution in [0.3, 0.4) is 0 Å². The minimum Gasteiger partial charge on any atom is -0.369 e. The number of rotatable bonds is 1. The Hall–Kier alpha value is -0.230. The van der Waals surface area contributed by atoms with Gasteiger partial charge in [0.2, 0.25) is 14.8 Å². The Morgan fingerprint density at radius 2 is 2.18 bits per heavy atom. The predicted molar refractivity (Wildman–Crippen MR) is 43.5 cm³/mol. The molecule has 4 nitrogen and oxygen atoms in total. The number of carbonyl (C=O) groups is 1. The maximum absolute atomic E-state index is 10.9. The Balaban J connectivity index is 2.90. The largest absolute Gasteiger partial charge is 0.369 e. The summed E-state index contributed by atoms with van der Waals surface area (Å²) in [4.78, 5) is 10.8. The lowest BCUT2D eigenvalue weighted by atomic mass is 9.95. The van der Waals surface area contributed by atoms with Crippen LogP contribution in [0, 0.1) is 5.41 Å². The highest BCUT2D eigenvalue weighted by atomic mass is 33.1. The molecule has 1 unspecified atom stereocenters. The highest BCUT2D eigenvalue weighted by Crippen LogP contribution is 2.37. The van der Waals surface area contributed by atoms with E-state index in [4.69, 9.17) is 5.73 Å². The van der Waals surface area contributed by atoms with Gasteiger partial charge in [-0.2, -0.15) is 0 Å². The predicted octanol–water partition coefficient (Wildman–Crippen LogP) is -0.445. The van der Waals surface area contributed by atoms with E-state index in [0.717, 1.165) is 10.8 Å². The first-order chi connectivity index (χ1) is 4.86. The molecule has 1 rings (SSSR count). The highest BCUT2D eigenvalue weighted by molar-refractivity contribution is 8.72. The lowest BCUT2D eigenvalue weighted by Gasteiger charge is -2.14. The molecule has 1 saturated heterocycles. The van der Waals surface area contributed by atoms with Gasteiger partial charge in [0, 0.05) is 5.75 Å². The van der Waals surface area contributed by atoms with Crippen LogP contribution in [0.1, 0.15) is 6.92 Å². The summed E-state index contributed by atoms with van der Waals surface area (Å²) in [6, 6.07) is 0. The fourth-order valence-electron chi connectivity index (χ4n) is 0.836. The molecule has 0 aromatic rings. The molecule has 1 atom stereocenters. The van der Waals surface area contributed by atoms with Crippen molar-refractivity contribution in [2.24, 2.45) is 11.1 Å². The number of hydrogen-bond acceptors (Lipinski definition) is 4. The van der Waals surface area contributed by atoms with Crippen LogP contribution in [-0.2, 0) is 13.7 Å². The van der Waals surface area contributed by atoms with Crippen molar-refractivity contribution >= 4 is 25.6 Å². The molecule has 1 aliphatic rings. The van der Waals surface area contributed by atoms with Crippen LogP contribution in [0.4, 0.5) is 0 Å². The van der Waals surface area contributed by atoms with E-state index in [1.165, 1.54) is 0 Å². The van der Waals surface area contributed by atoms with E-state index in [2.05, 4.69) is 0 Å². The van der Waals surface area contributed by atoms with Crippen LogP contribution in [0.5, 0.6) is 0 Å². The molecule has 0 aromatic carbocycles.